The SMILES string of the molecule is CC(C)NC(=O)C1CSC(c2cccs2)N1C(=O)c1ccc(Cl)cc1. The van der Waals surface area contributed by atoms with Crippen molar-refractivity contribution in [3.63, 3.8) is 0 Å². The van der Waals surface area contributed by atoms with Crippen LogP contribution in [0.3, 0.4) is 0 Å². The maximum atomic E-state index is 13.2. The third-order valence-corrected chi connectivity index (χ3v) is 6.48. The second kappa shape index (κ2) is 7.81. The molecule has 0 saturated carbocycles. The van der Waals surface area contributed by atoms with E-state index in [-0.39, 0.29) is 23.2 Å². The maximum absolute atomic E-state index is 13.2. The van der Waals surface area contributed by atoms with Gasteiger partial charge in [0.05, 0.1) is 0 Å². The van der Waals surface area contributed by atoms with E-state index >= 15 is 0 Å². The van der Waals surface area contributed by atoms with Gasteiger partial charge >= 0.3 is 0 Å². The van der Waals surface area contributed by atoms with Crippen molar-refractivity contribution < 1.29 is 9.59 Å². The zero-order valence-electron chi connectivity index (χ0n) is 13.9. The summed E-state index contributed by atoms with van der Waals surface area (Å²) in [6, 6.07) is 10.3. The molecule has 0 bridgehead atoms. The van der Waals surface area contributed by atoms with E-state index in [1.807, 2.05) is 31.4 Å². The molecule has 0 spiro atoms. The second-order valence-corrected chi connectivity index (χ2v) is 8.63. The molecule has 0 radical (unpaired) electrons. The molecule has 1 N–H and O–H groups in total. The summed E-state index contributed by atoms with van der Waals surface area (Å²) >= 11 is 9.16. The lowest BCUT2D eigenvalue weighted by Gasteiger charge is -2.29. The quantitative estimate of drug-likeness (QED) is 0.846. The van der Waals surface area contributed by atoms with Crippen LogP contribution < -0.4 is 5.32 Å². The minimum Gasteiger partial charge on any atom is -0.352 e. The molecule has 2 amide bonds. The second-order valence-electron chi connectivity index (χ2n) is 6.10. The van der Waals surface area contributed by atoms with E-state index in [1.54, 1.807) is 52.3 Å². The Morgan fingerprint density at radius 1 is 1.24 bits per heavy atom. The molecule has 25 heavy (non-hydrogen) atoms. The molecule has 132 valence electrons. The van der Waals surface area contributed by atoms with Crippen molar-refractivity contribution in [2.75, 3.05) is 5.75 Å². The summed E-state index contributed by atoms with van der Waals surface area (Å²) in [5, 5.41) is 5.35. The lowest BCUT2D eigenvalue weighted by atomic mass is 10.1. The Hall–Kier alpha value is -1.50. The van der Waals surface area contributed by atoms with Crippen LogP contribution in [0.5, 0.6) is 0 Å². The first-order valence-electron chi connectivity index (χ1n) is 8.01. The van der Waals surface area contributed by atoms with Gasteiger partial charge in [0.2, 0.25) is 5.91 Å². The first-order valence-corrected chi connectivity index (χ1v) is 10.3. The van der Waals surface area contributed by atoms with E-state index < -0.39 is 6.04 Å². The monoisotopic (exact) mass is 394 g/mol. The molecular formula is C18H19ClN2O2S2. The average Bonchev–Trinajstić information content (AvgIpc) is 3.23. The molecule has 1 aliphatic rings. The van der Waals surface area contributed by atoms with Crippen molar-refractivity contribution in [2.45, 2.75) is 31.3 Å². The van der Waals surface area contributed by atoms with Crippen molar-refractivity contribution in [3.05, 3.63) is 57.2 Å². The van der Waals surface area contributed by atoms with E-state index in [1.165, 1.54) is 0 Å². The fourth-order valence-electron chi connectivity index (χ4n) is 2.73. The van der Waals surface area contributed by atoms with Crippen LogP contribution in [0.2, 0.25) is 5.02 Å². The van der Waals surface area contributed by atoms with Crippen LogP contribution in [0.25, 0.3) is 0 Å². The molecule has 3 rings (SSSR count). The number of hydrogen-bond acceptors (Lipinski definition) is 4. The lowest BCUT2D eigenvalue weighted by Crippen LogP contribution is -2.49. The topological polar surface area (TPSA) is 49.4 Å². The number of amides is 2. The molecule has 2 aromatic rings. The number of nitrogens with one attached hydrogen (secondary N) is 1. The Balaban J connectivity index is 1.92. The number of hydrogen-bond donors (Lipinski definition) is 1. The smallest absolute Gasteiger partial charge is 0.255 e. The molecule has 4 nitrogen and oxygen atoms in total. The van der Waals surface area contributed by atoms with Crippen LogP contribution in [0.15, 0.2) is 41.8 Å². The molecule has 1 aromatic carbocycles. The van der Waals surface area contributed by atoms with Crippen LogP contribution in [-0.2, 0) is 4.79 Å². The van der Waals surface area contributed by atoms with E-state index in [4.69, 9.17) is 11.6 Å². The summed E-state index contributed by atoms with van der Waals surface area (Å²) < 4.78 is 0. The van der Waals surface area contributed by atoms with Gasteiger partial charge < -0.3 is 10.2 Å². The summed E-state index contributed by atoms with van der Waals surface area (Å²) in [7, 11) is 0. The summed E-state index contributed by atoms with van der Waals surface area (Å²) in [6.45, 7) is 3.84. The molecule has 1 saturated heterocycles. The largest absolute Gasteiger partial charge is 0.352 e. The number of halogens is 1. The average molecular weight is 395 g/mol. The van der Waals surface area contributed by atoms with Crippen LogP contribution in [0.4, 0.5) is 0 Å². The molecule has 2 unspecified atom stereocenters. The van der Waals surface area contributed by atoms with E-state index in [9.17, 15) is 9.59 Å². The van der Waals surface area contributed by atoms with Gasteiger partial charge in [-0.05, 0) is 49.6 Å². The number of benzene rings is 1. The molecule has 1 fully saturated rings. The molecular weight excluding hydrogens is 376 g/mol. The molecule has 2 atom stereocenters. The van der Waals surface area contributed by atoms with Gasteiger partial charge in [-0.25, -0.2) is 0 Å². The number of carbonyl (C=O) groups excluding carboxylic acids is 2. The predicted molar refractivity (Wildman–Crippen MR) is 104 cm³/mol. The fourth-order valence-corrected chi connectivity index (χ4v) is 5.25. The van der Waals surface area contributed by atoms with Crippen molar-refractivity contribution in [1.29, 1.82) is 0 Å². The van der Waals surface area contributed by atoms with Crippen molar-refractivity contribution in [1.82, 2.24) is 10.2 Å². The number of carbonyl (C=O) groups is 2. The third-order valence-electron chi connectivity index (χ3n) is 3.85. The van der Waals surface area contributed by atoms with Gasteiger partial charge in [0.15, 0.2) is 0 Å². The highest BCUT2D eigenvalue weighted by Crippen LogP contribution is 2.43. The summed E-state index contributed by atoms with van der Waals surface area (Å²) in [5.41, 5.74) is 0.538. The van der Waals surface area contributed by atoms with Gasteiger partial charge in [0.1, 0.15) is 11.4 Å². The Labute approximate surface area is 160 Å². The highest BCUT2D eigenvalue weighted by atomic mass is 35.5. The number of rotatable bonds is 4. The summed E-state index contributed by atoms with van der Waals surface area (Å²) in [6.07, 6.45) is 0. The van der Waals surface area contributed by atoms with Gasteiger partial charge in [0.25, 0.3) is 5.91 Å². The van der Waals surface area contributed by atoms with Gasteiger partial charge in [-0.3, -0.25) is 9.59 Å². The standard InChI is InChI=1S/C18H19ClN2O2S2/c1-11(2)20-16(22)14-10-25-18(15-4-3-9-24-15)21(14)17(23)12-5-7-13(19)8-6-12/h3-9,11,14,18H,10H2,1-2H3,(H,20,22). The zero-order chi connectivity index (χ0) is 18.0. The lowest BCUT2D eigenvalue weighted by molar-refractivity contribution is -0.125. The maximum Gasteiger partial charge on any atom is 0.255 e. The van der Waals surface area contributed by atoms with Gasteiger partial charge in [-0.1, -0.05) is 17.7 Å². The van der Waals surface area contributed by atoms with Gasteiger partial charge in [-0.2, -0.15) is 0 Å². The molecule has 7 heteroatoms. The molecule has 0 aliphatic carbocycles. The minimum atomic E-state index is -0.484. The normalized spacial score (nSPS) is 20.1. The molecule has 1 aromatic heterocycles. The highest BCUT2D eigenvalue weighted by molar-refractivity contribution is 7.99. The van der Waals surface area contributed by atoms with Gasteiger partial charge in [0, 0.05) is 27.3 Å². The van der Waals surface area contributed by atoms with Crippen LogP contribution >= 0.6 is 34.7 Å². The van der Waals surface area contributed by atoms with Crippen LogP contribution in [-0.4, -0.2) is 34.6 Å². The summed E-state index contributed by atoms with van der Waals surface area (Å²) in [5.74, 6) is 0.327. The first kappa shape index (κ1) is 18.3. The predicted octanol–water partition coefficient (Wildman–Crippen LogP) is 4.18. The first-order chi connectivity index (χ1) is 12.0. The van der Waals surface area contributed by atoms with Crippen molar-refractivity contribution in [3.8, 4) is 0 Å². The molecule has 2 heterocycles. The van der Waals surface area contributed by atoms with Crippen LogP contribution in [0.1, 0.15) is 34.5 Å². The zero-order valence-corrected chi connectivity index (χ0v) is 16.3. The highest BCUT2D eigenvalue weighted by Gasteiger charge is 2.43. The van der Waals surface area contributed by atoms with Crippen molar-refractivity contribution >= 4 is 46.5 Å². The Morgan fingerprint density at radius 3 is 2.56 bits per heavy atom. The fraction of sp³-hybridized carbons (Fsp3) is 0.333. The third kappa shape index (κ3) is 4.02. The van der Waals surface area contributed by atoms with E-state index in [0.717, 1.165) is 4.88 Å². The van der Waals surface area contributed by atoms with Gasteiger partial charge in [-0.15, -0.1) is 23.1 Å². The van der Waals surface area contributed by atoms with E-state index in [0.29, 0.717) is 16.3 Å². The number of nitrogens with zero attached hydrogens (tertiary/aromatic N) is 1. The summed E-state index contributed by atoms with van der Waals surface area (Å²) in [4.78, 5) is 28.6. The van der Waals surface area contributed by atoms with Crippen molar-refractivity contribution in [2.24, 2.45) is 0 Å². The van der Waals surface area contributed by atoms with E-state index in [2.05, 4.69) is 5.32 Å². The number of thiophene rings is 1. The Bertz CT molecular complexity index is 747. The Kier molecular flexibility index (Phi) is 5.71. The van der Waals surface area contributed by atoms with Crippen LogP contribution in [0, 0.1) is 0 Å². The Morgan fingerprint density at radius 2 is 1.96 bits per heavy atom. The molecule has 1 aliphatic heterocycles. The minimum absolute atomic E-state index is 0.0331. The number of thioether (sulfide) groups is 1.